The van der Waals surface area contributed by atoms with Crippen molar-refractivity contribution in [3.63, 3.8) is 0 Å². The van der Waals surface area contributed by atoms with Gasteiger partial charge in [-0.2, -0.15) is 5.10 Å². The van der Waals surface area contributed by atoms with E-state index in [0.29, 0.717) is 90.4 Å². The number of carbonyl (C=O) groups is 5. The van der Waals surface area contributed by atoms with Gasteiger partial charge in [0.05, 0.1) is 32.4 Å². The van der Waals surface area contributed by atoms with Crippen LogP contribution < -0.4 is 19.9 Å². The van der Waals surface area contributed by atoms with Crippen LogP contribution in [-0.2, 0) is 14.4 Å². The van der Waals surface area contributed by atoms with Gasteiger partial charge in [-0.05, 0) is 62.6 Å². The Morgan fingerprint density at radius 1 is 0.934 bits per heavy atom. The van der Waals surface area contributed by atoms with Crippen LogP contribution in [0.2, 0.25) is 10.0 Å². The third kappa shape index (κ3) is 6.63. The van der Waals surface area contributed by atoms with Gasteiger partial charge in [-0.25, -0.2) is 9.37 Å². The molecule has 312 valence electrons. The van der Waals surface area contributed by atoms with Gasteiger partial charge in [-0.15, -0.1) is 0 Å². The van der Waals surface area contributed by atoms with E-state index in [9.17, 15) is 24.0 Å². The topological polar surface area (TPSA) is 174 Å². The fourth-order valence-electron chi connectivity index (χ4n) is 9.57. The highest BCUT2D eigenvalue weighted by molar-refractivity contribution is 6.35. The molecule has 10 rings (SSSR count). The number of fused-ring (bicyclic) bond motifs is 2. The van der Waals surface area contributed by atoms with Crippen LogP contribution in [0.4, 0.5) is 15.9 Å². The Kier molecular flexibility index (Phi) is 9.47. The van der Waals surface area contributed by atoms with Crippen LogP contribution in [0, 0.1) is 17.2 Å². The zero-order valence-electron chi connectivity index (χ0n) is 32.8. The molecule has 8 heterocycles. The average molecular weight is 867 g/mol. The Morgan fingerprint density at radius 2 is 1.69 bits per heavy atom. The van der Waals surface area contributed by atoms with Gasteiger partial charge >= 0.3 is 0 Å². The molecule has 5 aliphatic heterocycles. The summed E-state index contributed by atoms with van der Waals surface area (Å²) in [6.07, 6.45) is 5.45. The molecule has 4 saturated heterocycles. The number of halogens is 3. The Morgan fingerprint density at radius 3 is 2.41 bits per heavy atom. The molecular weight excluding hydrogens is 828 g/mol. The molecule has 18 heteroatoms. The molecule has 0 bridgehead atoms. The predicted molar refractivity (Wildman–Crippen MR) is 222 cm³/mol. The van der Waals surface area contributed by atoms with Gasteiger partial charge in [0, 0.05) is 92.1 Å². The van der Waals surface area contributed by atoms with E-state index in [0.717, 1.165) is 15.8 Å². The second-order valence-electron chi connectivity index (χ2n) is 16.5. The zero-order valence-corrected chi connectivity index (χ0v) is 34.3. The monoisotopic (exact) mass is 865 g/mol. The van der Waals surface area contributed by atoms with Crippen molar-refractivity contribution in [2.24, 2.45) is 11.3 Å². The Balaban J connectivity index is 0.740. The summed E-state index contributed by atoms with van der Waals surface area (Å²) >= 11 is 12.7. The molecule has 1 spiro atoms. The Labute approximate surface area is 358 Å². The lowest BCUT2D eigenvalue weighted by Gasteiger charge is -2.61. The number of aromatic nitrogens is 4. The van der Waals surface area contributed by atoms with Crippen molar-refractivity contribution in [3.05, 3.63) is 93.6 Å². The van der Waals surface area contributed by atoms with Crippen molar-refractivity contribution in [1.29, 1.82) is 0 Å². The molecule has 5 amide bonds. The van der Waals surface area contributed by atoms with Gasteiger partial charge in [-0.3, -0.25) is 44.3 Å². The summed E-state index contributed by atoms with van der Waals surface area (Å²) < 4.78 is 21.9. The summed E-state index contributed by atoms with van der Waals surface area (Å²) in [6.45, 7) is 5.20. The number of anilines is 2. The molecule has 2 aromatic carbocycles. The molecule has 61 heavy (non-hydrogen) atoms. The Hall–Kier alpha value is -6.13. The van der Waals surface area contributed by atoms with E-state index in [4.69, 9.17) is 27.9 Å². The fourth-order valence-corrected chi connectivity index (χ4v) is 10.2. The molecule has 0 saturated carbocycles. The second-order valence-corrected chi connectivity index (χ2v) is 17.4. The predicted octanol–water partition coefficient (Wildman–Crippen LogP) is 5.57. The van der Waals surface area contributed by atoms with Crippen molar-refractivity contribution in [1.82, 2.24) is 35.3 Å². The minimum Gasteiger partial charge on any atom is -0.486 e. The standard InChI is InChI=1S/C43H38Cl2FN9O6/c1-22(35-28(44)16-47-17-29(35)45)61-25-5-6-31-27(14-25)37(51-50-31)24-13-30(46)38(48-15-24)53-18-43(19-53)20-54(21-43)40(58)23-9-11-52(12-10-23)32-4-2-3-26-36(32)42(60)55(41(26)59)33-7-8-34(56)49-39(33)57/h2-6,13-17,22-23,33H,7-12,18-21H2,1H3,(H,50,51)(H,49,56,57)/t22-,33?/m1/s1. The maximum atomic E-state index is 15.7. The van der Waals surface area contributed by atoms with Crippen LogP contribution in [0.1, 0.15) is 65.0 Å². The molecule has 0 aliphatic carbocycles. The molecule has 4 fully saturated rings. The summed E-state index contributed by atoms with van der Waals surface area (Å²) in [6, 6.07) is 10.9. The third-order valence-electron chi connectivity index (χ3n) is 12.6. The third-order valence-corrected chi connectivity index (χ3v) is 13.2. The van der Waals surface area contributed by atoms with Gasteiger partial charge in [-0.1, -0.05) is 29.3 Å². The van der Waals surface area contributed by atoms with Gasteiger partial charge in [0.25, 0.3) is 11.8 Å². The first-order valence-corrected chi connectivity index (χ1v) is 20.9. The van der Waals surface area contributed by atoms with E-state index < -0.39 is 41.6 Å². The number of aromatic amines is 1. The van der Waals surface area contributed by atoms with Crippen molar-refractivity contribution in [3.8, 4) is 17.0 Å². The summed E-state index contributed by atoms with van der Waals surface area (Å²) in [7, 11) is 0. The number of amides is 5. The van der Waals surface area contributed by atoms with Crippen LogP contribution in [-0.4, -0.2) is 105 Å². The van der Waals surface area contributed by atoms with Crippen molar-refractivity contribution in [2.45, 2.75) is 44.8 Å². The molecule has 15 nitrogen and oxygen atoms in total. The molecule has 2 atom stereocenters. The van der Waals surface area contributed by atoms with Gasteiger partial charge in [0.1, 0.15) is 23.6 Å². The molecule has 0 radical (unpaired) electrons. The number of hydrogen-bond acceptors (Lipinski definition) is 11. The highest BCUT2D eigenvalue weighted by Gasteiger charge is 2.55. The smallest absolute Gasteiger partial charge is 0.264 e. The molecule has 1 unspecified atom stereocenters. The van der Waals surface area contributed by atoms with Gasteiger partial charge in [0.2, 0.25) is 17.7 Å². The number of H-pyrrole nitrogens is 1. The SMILES string of the molecule is C[C@@H](Oc1ccc2[nH]nc(-c3cnc(N4CC5(CN(C(=O)C6CCN(c7cccc8c7C(=O)N(C7CCC(=O)NC7=O)C8=O)CC6)C5)C4)c(F)c3)c2c1)c1c(Cl)cncc1Cl. The number of likely N-dealkylation sites (tertiary alicyclic amines) is 1. The normalized spacial score (nSPS) is 20.5. The van der Waals surface area contributed by atoms with E-state index in [1.54, 1.807) is 30.5 Å². The van der Waals surface area contributed by atoms with E-state index in [2.05, 4.69) is 25.5 Å². The summed E-state index contributed by atoms with van der Waals surface area (Å²) in [5.41, 5.74) is 3.36. The number of benzene rings is 2. The number of pyridine rings is 2. The van der Waals surface area contributed by atoms with Crippen LogP contribution in [0.15, 0.2) is 61.1 Å². The summed E-state index contributed by atoms with van der Waals surface area (Å²) in [5, 5.41) is 11.2. The molecule has 2 N–H and O–H groups in total. The lowest BCUT2D eigenvalue weighted by molar-refractivity contribution is -0.150. The van der Waals surface area contributed by atoms with Crippen LogP contribution in [0.5, 0.6) is 5.75 Å². The number of nitrogens with one attached hydrogen (secondary N) is 2. The van der Waals surface area contributed by atoms with Crippen molar-refractivity contribution in [2.75, 3.05) is 49.1 Å². The number of rotatable bonds is 8. The Bertz CT molecular complexity index is 2670. The minimum absolute atomic E-state index is 0.0470. The lowest BCUT2D eigenvalue weighted by Crippen LogP contribution is -2.73. The van der Waals surface area contributed by atoms with Crippen molar-refractivity contribution >= 4 is 75.1 Å². The lowest BCUT2D eigenvalue weighted by atomic mass is 9.72. The average Bonchev–Trinajstić information content (AvgIpc) is 3.74. The number of hydrogen-bond donors (Lipinski definition) is 2. The number of piperidine rings is 2. The maximum absolute atomic E-state index is 15.7. The first-order valence-electron chi connectivity index (χ1n) is 20.1. The highest BCUT2D eigenvalue weighted by Crippen LogP contribution is 2.44. The van der Waals surface area contributed by atoms with Gasteiger partial charge < -0.3 is 19.4 Å². The summed E-state index contributed by atoms with van der Waals surface area (Å²) in [5.74, 6) is -1.94. The maximum Gasteiger partial charge on any atom is 0.264 e. The molecule has 3 aromatic heterocycles. The first-order chi connectivity index (χ1) is 29.4. The summed E-state index contributed by atoms with van der Waals surface area (Å²) in [4.78, 5) is 80.2. The second kappa shape index (κ2) is 14.8. The van der Waals surface area contributed by atoms with E-state index in [1.165, 1.54) is 18.5 Å². The number of ether oxygens (including phenoxy) is 1. The number of nitrogens with zero attached hydrogens (tertiary/aromatic N) is 7. The van der Waals surface area contributed by atoms with E-state index in [-0.39, 0.29) is 47.0 Å². The first kappa shape index (κ1) is 39.0. The van der Waals surface area contributed by atoms with Crippen LogP contribution in [0.25, 0.3) is 22.2 Å². The molecule has 5 aromatic rings. The minimum atomic E-state index is -1.04. The van der Waals surface area contributed by atoms with Crippen molar-refractivity contribution < 1.29 is 33.1 Å². The highest BCUT2D eigenvalue weighted by atomic mass is 35.5. The fraction of sp³-hybridized carbons (Fsp3) is 0.349. The number of imide groups is 2. The van der Waals surface area contributed by atoms with E-state index in [1.807, 2.05) is 33.8 Å². The van der Waals surface area contributed by atoms with Crippen LogP contribution in [0.3, 0.4) is 0 Å². The molecular formula is C43H38Cl2FN9O6. The van der Waals surface area contributed by atoms with Crippen LogP contribution >= 0.6 is 23.2 Å². The van der Waals surface area contributed by atoms with E-state index >= 15 is 4.39 Å². The zero-order chi connectivity index (χ0) is 42.3. The largest absolute Gasteiger partial charge is 0.486 e. The molecule has 5 aliphatic rings. The quantitative estimate of drug-likeness (QED) is 0.187. The van der Waals surface area contributed by atoms with Gasteiger partial charge in [0.15, 0.2) is 11.6 Å². The number of carbonyl (C=O) groups excluding carboxylic acids is 5.